The van der Waals surface area contributed by atoms with Gasteiger partial charge in [0.15, 0.2) is 0 Å². The van der Waals surface area contributed by atoms with E-state index in [1.807, 2.05) is 0 Å². The average molecular weight is 329 g/mol. The highest BCUT2D eigenvalue weighted by Crippen LogP contribution is 2.29. The number of carbonyl (C=O) groups is 1. The Hall–Kier alpha value is -0.360. The molecule has 0 radical (unpaired) electrons. The molecule has 2 aliphatic heterocycles. The molecule has 2 N–H and O–H groups in total. The molecule has 0 bridgehead atoms. The van der Waals surface area contributed by atoms with Gasteiger partial charge in [-0.1, -0.05) is 19.3 Å². The monoisotopic (exact) mass is 328 g/mol. The maximum Gasteiger partial charge on any atom is 0.253 e. The highest BCUT2D eigenvalue weighted by atomic mass is 35.5. The lowest BCUT2D eigenvalue weighted by Gasteiger charge is -2.45. The quantitative estimate of drug-likeness (QED) is 0.764. The molecule has 5 nitrogen and oxygen atoms in total. The molecule has 3 fully saturated rings. The van der Waals surface area contributed by atoms with Crippen LogP contribution in [0.5, 0.6) is 0 Å². The number of hydrazine groups is 1. The maximum absolute atomic E-state index is 11.7. The van der Waals surface area contributed by atoms with E-state index in [1.54, 1.807) is 0 Å². The Labute approximate surface area is 138 Å². The van der Waals surface area contributed by atoms with Gasteiger partial charge in [0.05, 0.1) is 0 Å². The van der Waals surface area contributed by atoms with Crippen LogP contribution in [0.4, 0.5) is 0 Å². The number of carbonyl (C=O) groups excluding carboxylic acids is 1. The van der Waals surface area contributed by atoms with E-state index in [-0.39, 0.29) is 11.9 Å². The first-order chi connectivity index (χ1) is 10.7. The molecular formula is C16H29ClN4O. The summed E-state index contributed by atoms with van der Waals surface area (Å²) in [7, 11) is 0. The van der Waals surface area contributed by atoms with E-state index in [0.717, 1.165) is 38.6 Å². The van der Waals surface area contributed by atoms with Crippen molar-refractivity contribution in [2.75, 3.05) is 32.7 Å². The van der Waals surface area contributed by atoms with E-state index in [1.165, 1.54) is 32.1 Å². The molecule has 0 aromatic heterocycles. The van der Waals surface area contributed by atoms with Gasteiger partial charge in [0.25, 0.3) is 5.91 Å². The molecule has 2 heterocycles. The van der Waals surface area contributed by atoms with Crippen LogP contribution in [0.15, 0.2) is 0 Å². The van der Waals surface area contributed by atoms with Gasteiger partial charge in [0.2, 0.25) is 0 Å². The number of alkyl halides is 1. The van der Waals surface area contributed by atoms with Crippen molar-refractivity contribution in [3.8, 4) is 0 Å². The smallest absolute Gasteiger partial charge is 0.253 e. The molecule has 6 heteroatoms. The molecule has 0 spiro atoms. The lowest BCUT2D eigenvalue weighted by atomic mass is 9.84. The fraction of sp³-hybridized carbons (Fsp3) is 0.938. The zero-order valence-electron chi connectivity index (χ0n) is 13.6. The van der Waals surface area contributed by atoms with Crippen molar-refractivity contribution in [1.82, 2.24) is 20.7 Å². The van der Waals surface area contributed by atoms with E-state index < -0.39 is 5.38 Å². The van der Waals surface area contributed by atoms with Gasteiger partial charge in [-0.05, 0) is 25.7 Å². The predicted octanol–water partition coefficient (Wildman–Crippen LogP) is 1.18. The van der Waals surface area contributed by atoms with E-state index in [9.17, 15) is 4.79 Å². The Kier molecular flexibility index (Phi) is 5.60. The first kappa shape index (κ1) is 16.5. The number of nitrogens with one attached hydrogen (secondary N) is 2. The summed E-state index contributed by atoms with van der Waals surface area (Å²) in [6.07, 6.45) is 7.04. The molecule has 3 rings (SSSR count). The van der Waals surface area contributed by atoms with Crippen LogP contribution in [0.25, 0.3) is 0 Å². The summed E-state index contributed by atoms with van der Waals surface area (Å²) in [4.78, 5) is 16.7. The minimum absolute atomic E-state index is 0.101. The molecule has 126 valence electrons. The van der Waals surface area contributed by atoms with Gasteiger partial charge in [-0.2, -0.15) is 0 Å². The van der Waals surface area contributed by atoms with E-state index >= 15 is 0 Å². The molecule has 2 saturated heterocycles. The van der Waals surface area contributed by atoms with E-state index in [0.29, 0.717) is 6.04 Å². The van der Waals surface area contributed by atoms with E-state index in [4.69, 9.17) is 11.6 Å². The third-order valence-electron chi connectivity index (χ3n) is 5.84. The summed E-state index contributed by atoms with van der Waals surface area (Å²) in [5.74, 6) is 0.777. The minimum Gasteiger partial charge on any atom is -0.298 e. The summed E-state index contributed by atoms with van der Waals surface area (Å²) >= 11 is 6.28. The Balaban J connectivity index is 1.50. The molecular weight excluding hydrogens is 300 g/mol. The summed E-state index contributed by atoms with van der Waals surface area (Å²) in [5.41, 5.74) is 5.57. The Morgan fingerprint density at radius 1 is 1.14 bits per heavy atom. The second kappa shape index (κ2) is 7.47. The molecule has 2 unspecified atom stereocenters. The molecule has 0 aromatic rings. The molecule has 0 aromatic carbocycles. The number of halogens is 1. The van der Waals surface area contributed by atoms with Gasteiger partial charge in [0.1, 0.15) is 5.38 Å². The van der Waals surface area contributed by atoms with Crippen molar-refractivity contribution in [3.05, 3.63) is 0 Å². The molecule has 3 aliphatic rings. The van der Waals surface area contributed by atoms with Crippen LogP contribution in [0.1, 0.15) is 39.0 Å². The van der Waals surface area contributed by atoms with E-state index in [2.05, 4.69) is 27.6 Å². The zero-order chi connectivity index (χ0) is 15.5. The van der Waals surface area contributed by atoms with Crippen LogP contribution in [-0.2, 0) is 4.79 Å². The summed E-state index contributed by atoms with van der Waals surface area (Å²) in [6, 6.07) is 0.810. The molecule has 3 atom stereocenters. The van der Waals surface area contributed by atoms with Crippen molar-refractivity contribution in [2.24, 2.45) is 5.92 Å². The lowest BCUT2D eigenvalue weighted by molar-refractivity contribution is -0.125. The standard InChI is InChI=1S/C16H29ClN4O/c1-12(13-5-3-2-4-6-13)20-7-9-21(10-8-20)14-11-18-19-16(22)15(14)17/h12-15,18H,2-11H2,1H3,(H,19,22)/t12-,14?,15?/m0/s1. The maximum atomic E-state index is 11.7. The molecule has 1 amide bonds. The number of rotatable bonds is 3. The molecule has 22 heavy (non-hydrogen) atoms. The first-order valence-electron chi connectivity index (χ1n) is 8.81. The average Bonchev–Trinajstić information content (AvgIpc) is 2.58. The third kappa shape index (κ3) is 3.58. The fourth-order valence-corrected chi connectivity index (χ4v) is 4.60. The second-order valence-corrected chi connectivity index (χ2v) is 7.52. The predicted molar refractivity (Wildman–Crippen MR) is 88.8 cm³/mol. The van der Waals surface area contributed by atoms with Crippen molar-refractivity contribution >= 4 is 17.5 Å². The highest BCUT2D eigenvalue weighted by Gasteiger charge is 2.37. The van der Waals surface area contributed by atoms with Crippen LogP contribution in [-0.4, -0.2) is 65.9 Å². The van der Waals surface area contributed by atoms with Crippen molar-refractivity contribution in [2.45, 2.75) is 56.5 Å². The molecule has 1 saturated carbocycles. The van der Waals surface area contributed by atoms with Crippen molar-refractivity contribution < 1.29 is 4.79 Å². The van der Waals surface area contributed by atoms with Crippen LogP contribution >= 0.6 is 11.6 Å². The van der Waals surface area contributed by atoms with Gasteiger partial charge >= 0.3 is 0 Å². The fourth-order valence-electron chi connectivity index (χ4n) is 4.30. The van der Waals surface area contributed by atoms with Crippen LogP contribution in [0, 0.1) is 5.92 Å². The van der Waals surface area contributed by atoms with Gasteiger partial charge in [-0.3, -0.25) is 20.0 Å². The number of piperazine rings is 1. The normalized spacial score (nSPS) is 34.4. The SMILES string of the molecule is C[C@@H](C1CCCCC1)N1CCN(C2CNNC(=O)C2Cl)CC1. The third-order valence-corrected chi connectivity index (χ3v) is 6.33. The first-order valence-corrected chi connectivity index (χ1v) is 9.25. The van der Waals surface area contributed by atoms with Crippen molar-refractivity contribution in [3.63, 3.8) is 0 Å². The number of hydrogen-bond acceptors (Lipinski definition) is 4. The second-order valence-electron chi connectivity index (χ2n) is 7.05. The number of amides is 1. The van der Waals surface area contributed by atoms with Crippen molar-refractivity contribution in [1.29, 1.82) is 0 Å². The van der Waals surface area contributed by atoms with Gasteiger partial charge in [-0.25, -0.2) is 5.43 Å². The summed E-state index contributed by atoms with van der Waals surface area (Å²) < 4.78 is 0. The van der Waals surface area contributed by atoms with Crippen LogP contribution in [0.2, 0.25) is 0 Å². The van der Waals surface area contributed by atoms with Gasteiger partial charge < -0.3 is 0 Å². The minimum atomic E-state index is -0.441. The Morgan fingerprint density at radius 2 is 1.82 bits per heavy atom. The highest BCUT2D eigenvalue weighted by molar-refractivity contribution is 6.31. The molecule has 1 aliphatic carbocycles. The summed E-state index contributed by atoms with van der Waals surface area (Å²) in [6.45, 7) is 7.36. The number of hydrogen-bond donors (Lipinski definition) is 2. The largest absolute Gasteiger partial charge is 0.298 e. The van der Waals surface area contributed by atoms with Gasteiger partial charge in [-0.15, -0.1) is 11.6 Å². The van der Waals surface area contributed by atoms with Gasteiger partial charge in [0, 0.05) is 44.8 Å². The Morgan fingerprint density at radius 3 is 2.50 bits per heavy atom. The lowest BCUT2D eigenvalue weighted by Crippen LogP contribution is -2.64. The topological polar surface area (TPSA) is 47.6 Å². The van der Waals surface area contributed by atoms with Crippen LogP contribution in [0.3, 0.4) is 0 Å². The number of nitrogens with zero attached hydrogens (tertiary/aromatic N) is 2. The Bertz CT molecular complexity index is 380. The summed E-state index contributed by atoms with van der Waals surface area (Å²) in [5, 5.41) is -0.441. The zero-order valence-corrected chi connectivity index (χ0v) is 14.3. The van der Waals surface area contributed by atoms with Crippen LogP contribution < -0.4 is 10.9 Å².